The molecule has 0 saturated carbocycles. The fourth-order valence-electron chi connectivity index (χ4n) is 4.36. The number of fused-ring (bicyclic) bond motifs is 2. The Kier molecular flexibility index (Phi) is 9.03. The number of benzene rings is 2. The number of anilines is 2. The minimum absolute atomic E-state index is 0.351. The largest absolute Gasteiger partial charge is 0.493 e. The lowest BCUT2D eigenvalue weighted by Crippen LogP contribution is -2.15. The summed E-state index contributed by atoms with van der Waals surface area (Å²) in [5.41, 5.74) is 6.07. The molecule has 0 atom stereocenters. The lowest BCUT2D eigenvalue weighted by molar-refractivity contribution is 0.279. The number of hydrogen-bond donors (Lipinski definition) is 1. The van der Waals surface area contributed by atoms with Gasteiger partial charge in [0.25, 0.3) is 0 Å². The predicted octanol–water partition coefficient (Wildman–Crippen LogP) is 6.12. The second-order valence-corrected chi connectivity index (χ2v) is 9.48. The van der Waals surface area contributed by atoms with Gasteiger partial charge < -0.3 is 15.0 Å². The van der Waals surface area contributed by atoms with Gasteiger partial charge in [-0.2, -0.15) is 5.10 Å². The monoisotopic (exact) mass is 529 g/mol. The summed E-state index contributed by atoms with van der Waals surface area (Å²) in [6.45, 7) is 9.21. The van der Waals surface area contributed by atoms with Crippen LogP contribution in [-0.4, -0.2) is 56.7 Å². The van der Waals surface area contributed by atoms with Crippen LogP contribution in [0.2, 0.25) is 0 Å². The van der Waals surface area contributed by atoms with Gasteiger partial charge in [-0.15, -0.1) is 0 Å². The Morgan fingerprint density at radius 1 is 1.00 bits per heavy atom. The Bertz CT molecular complexity index is 1560. The number of pyridine rings is 1. The van der Waals surface area contributed by atoms with E-state index in [0.717, 1.165) is 41.8 Å². The lowest BCUT2D eigenvalue weighted by atomic mass is 10.0. The maximum Gasteiger partial charge on any atom is 0.155 e. The topological polar surface area (TPSA) is 80.5 Å². The van der Waals surface area contributed by atoms with E-state index in [-0.39, 0.29) is 5.82 Å². The van der Waals surface area contributed by atoms with Crippen LogP contribution in [0.15, 0.2) is 55.2 Å². The summed E-state index contributed by atoms with van der Waals surface area (Å²) in [6, 6.07) is 12.0. The van der Waals surface area contributed by atoms with Gasteiger partial charge in [0.05, 0.1) is 17.5 Å². The SMILES string of the molecule is CC.Cc1cc(Nc2ncnc3cc(OCCCN(C)C)c(C)c(F)c23)ccc1Cc1ccn2ncnc2c1. The standard InChI is InChI=1S/C28H30FN7O.C2H6/c1-18-12-22(7-6-21(18)13-20-8-10-36-25(14-20)31-17-33-36)34-28-26-23(30-16-32-28)15-24(19(2)27(26)29)37-11-5-9-35(3)4;1-2/h6-8,10,12,14-17H,5,9,11,13H2,1-4H3,(H,30,32,34);1-2H3. The molecule has 9 heteroatoms. The fourth-order valence-corrected chi connectivity index (χ4v) is 4.36. The van der Waals surface area contributed by atoms with Crippen LogP contribution in [0.3, 0.4) is 0 Å². The number of nitrogens with one attached hydrogen (secondary N) is 1. The maximum absolute atomic E-state index is 15.5. The van der Waals surface area contributed by atoms with Gasteiger partial charge in [0, 0.05) is 30.1 Å². The first-order valence-electron chi connectivity index (χ1n) is 13.2. The molecule has 0 saturated heterocycles. The Morgan fingerprint density at radius 3 is 2.59 bits per heavy atom. The minimum Gasteiger partial charge on any atom is -0.493 e. The molecule has 5 rings (SSSR count). The van der Waals surface area contributed by atoms with E-state index in [9.17, 15) is 0 Å². The van der Waals surface area contributed by atoms with Gasteiger partial charge in [-0.3, -0.25) is 0 Å². The van der Waals surface area contributed by atoms with Crippen molar-refractivity contribution < 1.29 is 9.13 Å². The number of halogens is 1. The summed E-state index contributed by atoms with van der Waals surface area (Å²) >= 11 is 0. The molecule has 0 aliphatic heterocycles. The van der Waals surface area contributed by atoms with Crippen molar-refractivity contribution in [1.82, 2.24) is 29.5 Å². The zero-order valence-electron chi connectivity index (χ0n) is 23.5. The van der Waals surface area contributed by atoms with Crippen LogP contribution in [0.25, 0.3) is 16.6 Å². The maximum atomic E-state index is 15.5. The Balaban J connectivity index is 0.00000172. The van der Waals surface area contributed by atoms with Crippen LogP contribution in [0.4, 0.5) is 15.9 Å². The number of hydrogen-bond acceptors (Lipinski definition) is 7. The minimum atomic E-state index is -0.375. The molecular weight excluding hydrogens is 493 g/mol. The van der Waals surface area contributed by atoms with Gasteiger partial charge in [0.15, 0.2) is 5.65 Å². The quantitative estimate of drug-likeness (QED) is 0.230. The lowest BCUT2D eigenvalue weighted by Gasteiger charge is -2.15. The van der Waals surface area contributed by atoms with Gasteiger partial charge in [-0.25, -0.2) is 23.9 Å². The van der Waals surface area contributed by atoms with E-state index in [1.165, 1.54) is 11.9 Å². The third-order valence-corrected chi connectivity index (χ3v) is 6.41. The van der Waals surface area contributed by atoms with Crippen LogP contribution in [-0.2, 0) is 6.42 Å². The second-order valence-electron chi connectivity index (χ2n) is 9.48. The number of aromatic nitrogens is 5. The molecule has 0 bridgehead atoms. The van der Waals surface area contributed by atoms with Gasteiger partial charge in [-0.1, -0.05) is 19.9 Å². The van der Waals surface area contributed by atoms with E-state index in [0.29, 0.717) is 34.6 Å². The molecule has 1 N–H and O–H groups in total. The van der Waals surface area contributed by atoms with Crippen molar-refractivity contribution in [1.29, 1.82) is 0 Å². The molecule has 39 heavy (non-hydrogen) atoms. The highest BCUT2D eigenvalue weighted by Gasteiger charge is 2.17. The highest BCUT2D eigenvalue weighted by Crippen LogP contribution is 2.33. The van der Waals surface area contributed by atoms with E-state index >= 15 is 4.39 Å². The molecule has 0 aliphatic carbocycles. The molecule has 0 unspecified atom stereocenters. The van der Waals surface area contributed by atoms with Crippen LogP contribution in [0, 0.1) is 19.7 Å². The normalized spacial score (nSPS) is 11.1. The highest BCUT2D eigenvalue weighted by molar-refractivity contribution is 5.93. The summed E-state index contributed by atoms with van der Waals surface area (Å²) in [7, 11) is 4.03. The van der Waals surface area contributed by atoms with Crippen molar-refractivity contribution in [2.45, 2.75) is 40.5 Å². The zero-order valence-corrected chi connectivity index (χ0v) is 23.5. The van der Waals surface area contributed by atoms with Crippen molar-refractivity contribution in [2.24, 2.45) is 0 Å². The molecule has 0 aliphatic rings. The summed E-state index contributed by atoms with van der Waals surface area (Å²) < 4.78 is 23.1. The van der Waals surface area contributed by atoms with Gasteiger partial charge in [0.2, 0.25) is 0 Å². The van der Waals surface area contributed by atoms with Crippen molar-refractivity contribution in [3.05, 3.63) is 83.3 Å². The van der Waals surface area contributed by atoms with Crippen molar-refractivity contribution in [3.63, 3.8) is 0 Å². The molecule has 3 heterocycles. The molecule has 3 aromatic heterocycles. The van der Waals surface area contributed by atoms with Crippen molar-refractivity contribution in [2.75, 3.05) is 32.6 Å². The van der Waals surface area contributed by atoms with Crippen LogP contribution in [0.1, 0.15) is 42.5 Å². The van der Waals surface area contributed by atoms with Gasteiger partial charge in [0.1, 0.15) is 30.0 Å². The first kappa shape index (κ1) is 27.9. The molecule has 5 aromatic rings. The molecule has 204 valence electrons. The molecule has 8 nitrogen and oxygen atoms in total. The highest BCUT2D eigenvalue weighted by atomic mass is 19.1. The Morgan fingerprint density at radius 2 is 1.82 bits per heavy atom. The number of nitrogens with zero attached hydrogens (tertiary/aromatic N) is 6. The van der Waals surface area contributed by atoms with Crippen molar-refractivity contribution >= 4 is 28.1 Å². The summed E-state index contributed by atoms with van der Waals surface area (Å²) in [5, 5.41) is 7.79. The molecular formula is C30H36FN7O. The van der Waals surface area contributed by atoms with E-state index in [1.807, 2.05) is 58.4 Å². The molecule has 0 fully saturated rings. The van der Waals surface area contributed by atoms with Gasteiger partial charge >= 0.3 is 0 Å². The van der Waals surface area contributed by atoms with Crippen LogP contribution in [0.5, 0.6) is 5.75 Å². The Labute approximate surface area is 228 Å². The smallest absolute Gasteiger partial charge is 0.155 e. The Hall–Kier alpha value is -4.11. The van der Waals surface area contributed by atoms with Crippen LogP contribution >= 0.6 is 0 Å². The fraction of sp³-hybridized carbons (Fsp3) is 0.333. The third kappa shape index (κ3) is 6.49. The van der Waals surface area contributed by atoms with E-state index in [1.54, 1.807) is 23.8 Å². The van der Waals surface area contributed by atoms with E-state index in [2.05, 4.69) is 43.3 Å². The van der Waals surface area contributed by atoms with Crippen LogP contribution < -0.4 is 10.1 Å². The second kappa shape index (κ2) is 12.6. The third-order valence-electron chi connectivity index (χ3n) is 6.41. The summed E-state index contributed by atoms with van der Waals surface area (Å²) in [6.07, 6.45) is 6.54. The molecule has 0 spiro atoms. The number of ether oxygens (including phenoxy) is 1. The molecule has 0 radical (unpaired) electrons. The number of aryl methyl sites for hydroxylation is 1. The predicted molar refractivity (Wildman–Crippen MR) is 155 cm³/mol. The molecule has 0 amide bonds. The summed E-state index contributed by atoms with van der Waals surface area (Å²) in [4.78, 5) is 15.0. The number of rotatable bonds is 9. The van der Waals surface area contributed by atoms with E-state index in [4.69, 9.17) is 4.74 Å². The van der Waals surface area contributed by atoms with Crippen molar-refractivity contribution in [3.8, 4) is 5.75 Å². The first-order chi connectivity index (χ1) is 18.9. The first-order valence-corrected chi connectivity index (χ1v) is 13.2. The van der Waals surface area contributed by atoms with E-state index < -0.39 is 0 Å². The molecule has 2 aromatic carbocycles. The van der Waals surface area contributed by atoms with Gasteiger partial charge in [-0.05, 0) is 81.7 Å². The average Bonchev–Trinajstić information content (AvgIpc) is 3.40. The zero-order chi connectivity index (χ0) is 27.9. The average molecular weight is 530 g/mol. The summed E-state index contributed by atoms with van der Waals surface area (Å²) in [5.74, 6) is 0.563.